The molecule has 4 nitrogen and oxygen atoms in total. The molecule has 0 aromatic carbocycles. The number of nitrogens with one attached hydrogen (secondary N) is 1. The second kappa shape index (κ2) is 7.38. The van der Waals surface area contributed by atoms with Crippen LogP contribution in [-0.2, 0) is 9.53 Å². The minimum atomic E-state index is -0.846. The smallest absolute Gasteiger partial charge is 0.240 e. The fraction of sp³-hybridized carbons (Fsp3) is 0.857. The van der Waals surface area contributed by atoms with E-state index in [-0.39, 0.29) is 11.9 Å². The van der Waals surface area contributed by atoms with E-state index in [1.165, 1.54) is 0 Å². The molecule has 1 rings (SSSR count). The number of hydrogen-bond donors (Lipinski definition) is 1. The number of carbonyl (C=O) groups is 1. The summed E-state index contributed by atoms with van der Waals surface area (Å²) in [4.78, 5) is 12.4. The van der Waals surface area contributed by atoms with E-state index in [1.54, 1.807) is 0 Å². The zero-order chi connectivity index (χ0) is 13.4. The van der Waals surface area contributed by atoms with Gasteiger partial charge in [0.2, 0.25) is 5.91 Å². The molecule has 1 aliphatic heterocycles. The normalized spacial score (nSPS) is 20.2. The van der Waals surface area contributed by atoms with Gasteiger partial charge >= 0.3 is 0 Å². The van der Waals surface area contributed by atoms with Gasteiger partial charge in [0.05, 0.1) is 18.7 Å². The van der Waals surface area contributed by atoms with E-state index in [4.69, 9.17) is 4.74 Å². The largest absolute Gasteiger partial charge is 0.379 e. The molecule has 0 aliphatic carbocycles. The average molecular weight is 252 g/mol. The highest BCUT2D eigenvalue weighted by Gasteiger charge is 2.38. The minimum absolute atomic E-state index is 0.0766. The highest BCUT2D eigenvalue weighted by molar-refractivity contribution is 5.85. The summed E-state index contributed by atoms with van der Waals surface area (Å²) >= 11 is 0. The highest BCUT2D eigenvalue weighted by Crippen LogP contribution is 2.29. The van der Waals surface area contributed by atoms with Gasteiger partial charge in [-0.2, -0.15) is 5.26 Å². The summed E-state index contributed by atoms with van der Waals surface area (Å²) < 4.78 is 5.35. The van der Waals surface area contributed by atoms with Crippen LogP contribution in [0.25, 0.3) is 0 Å². The minimum Gasteiger partial charge on any atom is -0.379 e. The van der Waals surface area contributed by atoms with E-state index >= 15 is 0 Å². The molecule has 0 radical (unpaired) electrons. The Morgan fingerprint density at radius 2 is 2.11 bits per heavy atom. The predicted molar refractivity (Wildman–Crippen MR) is 69.8 cm³/mol. The second-order valence-electron chi connectivity index (χ2n) is 5.08. The number of nitrogens with zero attached hydrogens (tertiary/aromatic N) is 1. The maximum atomic E-state index is 12.4. The van der Waals surface area contributed by atoms with Gasteiger partial charge in [0.25, 0.3) is 0 Å². The SMILES string of the molecule is CCCC(C#N)(CCC)C(=O)NC1CCCOC1. The Kier molecular flexibility index (Phi) is 6.14. The third-order valence-corrected chi connectivity index (χ3v) is 3.50. The summed E-state index contributed by atoms with van der Waals surface area (Å²) in [6, 6.07) is 2.33. The first kappa shape index (κ1) is 15.0. The van der Waals surface area contributed by atoms with E-state index in [0.29, 0.717) is 19.4 Å². The lowest BCUT2D eigenvalue weighted by Crippen LogP contribution is -2.48. The molecule has 1 amide bonds. The molecule has 102 valence electrons. The number of rotatable bonds is 6. The van der Waals surface area contributed by atoms with E-state index < -0.39 is 5.41 Å². The quantitative estimate of drug-likeness (QED) is 0.789. The van der Waals surface area contributed by atoms with Crippen molar-refractivity contribution in [1.29, 1.82) is 5.26 Å². The monoisotopic (exact) mass is 252 g/mol. The summed E-state index contributed by atoms with van der Waals surface area (Å²) in [5, 5.41) is 12.4. The van der Waals surface area contributed by atoms with Crippen molar-refractivity contribution < 1.29 is 9.53 Å². The Morgan fingerprint density at radius 3 is 2.56 bits per heavy atom. The zero-order valence-corrected chi connectivity index (χ0v) is 11.5. The van der Waals surface area contributed by atoms with Gasteiger partial charge in [-0.05, 0) is 25.7 Å². The van der Waals surface area contributed by atoms with Crippen molar-refractivity contribution in [3.05, 3.63) is 0 Å². The molecule has 0 saturated carbocycles. The van der Waals surface area contributed by atoms with Crippen LogP contribution in [0.3, 0.4) is 0 Å². The molecule has 0 bridgehead atoms. The third kappa shape index (κ3) is 3.71. The van der Waals surface area contributed by atoms with Gasteiger partial charge in [0.1, 0.15) is 5.41 Å². The lowest BCUT2D eigenvalue weighted by molar-refractivity contribution is -0.130. The van der Waals surface area contributed by atoms with E-state index in [1.807, 2.05) is 13.8 Å². The molecule has 0 aromatic heterocycles. The topological polar surface area (TPSA) is 62.1 Å². The molecule has 1 aliphatic rings. The first-order chi connectivity index (χ1) is 8.68. The van der Waals surface area contributed by atoms with E-state index in [0.717, 1.165) is 32.3 Å². The molecule has 1 heterocycles. The number of nitriles is 1. The van der Waals surface area contributed by atoms with Crippen LogP contribution < -0.4 is 5.32 Å². The third-order valence-electron chi connectivity index (χ3n) is 3.50. The summed E-state index contributed by atoms with van der Waals surface area (Å²) in [6.07, 6.45) is 4.90. The van der Waals surface area contributed by atoms with Crippen LogP contribution >= 0.6 is 0 Å². The van der Waals surface area contributed by atoms with Gasteiger partial charge in [-0.1, -0.05) is 26.7 Å². The molecular weight excluding hydrogens is 228 g/mol. The Morgan fingerprint density at radius 1 is 1.44 bits per heavy atom. The van der Waals surface area contributed by atoms with Crippen molar-refractivity contribution in [2.24, 2.45) is 5.41 Å². The van der Waals surface area contributed by atoms with Crippen molar-refractivity contribution in [3.8, 4) is 6.07 Å². The van der Waals surface area contributed by atoms with Gasteiger partial charge in [-0.15, -0.1) is 0 Å². The lowest BCUT2D eigenvalue weighted by Gasteiger charge is -2.29. The Bertz CT molecular complexity index is 297. The van der Waals surface area contributed by atoms with Gasteiger partial charge in [-0.25, -0.2) is 0 Å². The summed E-state index contributed by atoms with van der Waals surface area (Å²) in [7, 11) is 0. The second-order valence-corrected chi connectivity index (χ2v) is 5.08. The number of hydrogen-bond acceptors (Lipinski definition) is 3. The zero-order valence-electron chi connectivity index (χ0n) is 11.5. The summed E-state index contributed by atoms with van der Waals surface area (Å²) in [5.41, 5.74) is -0.846. The number of carbonyl (C=O) groups excluding carboxylic acids is 1. The predicted octanol–water partition coefficient (Wildman–Crippen LogP) is 2.39. The van der Waals surface area contributed by atoms with Crippen LogP contribution in [0, 0.1) is 16.7 Å². The van der Waals surface area contributed by atoms with Crippen molar-refractivity contribution in [3.63, 3.8) is 0 Å². The van der Waals surface area contributed by atoms with Gasteiger partial charge in [0, 0.05) is 6.61 Å². The fourth-order valence-corrected chi connectivity index (χ4v) is 2.55. The van der Waals surface area contributed by atoms with Gasteiger partial charge < -0.3 is 10.1 Å². The molecule has 1 atom stereocenters. The van der Waals surface area contributed by atoms with E-state index in [9.17, 15) is 10.1 Å². The molecule has 1 saturated heterocycles. The highest BCUT2D eigenvalue weighted by atomic mass is 16.5. The van der Waals surface area contributed by atoms with Crippen LogP contribution in [0.4, 0.5) is 0 Å². The Balaban J connectivity index is 2.66. The first-order valence-corrected chi connectivity index (χ1v) is 6.98. The summed E-state index contributed by atoms with van der Waals surface area (Å²) in [5.74, 6) is -0.107. The average Bonchev–Trinajstić information content (AvgIpc) is 2.39. The molecule has 1 N–H and O–H groups in total. The number of ether oxygens (including phenoxy) is 1. The van der Waals surface area contributed by atoms with Crippen LogP contribution in [0.5, 0.6) is 0 Å². The van der Waals surface area contributed by atoms with Crippen LogP contribution in [0.2, 0.25) is 0 Å². The van der Waals surface area contributed by atoms with E-state index in [2.05, 4.69) is 11.4 Å². The van der Waals surface area contributed by atoms with Crippen LogP contribution in [-0.4, -0.2) is 25.2 Å². The Labute approximate surface area is 110 Å². The molecule has 1 unspecified atom stereocenters. The fourth-order valence-electron chi connectivity index (χ4n) is 2.55. The molecule has 0 spiro atoms. The molecule has 0 aromatic rings. The first-order valence-electron chi connectivity index (χ1n) is 6.98. The number of amides is 1. The van der Waals surface area contributed by atoms with Crippen LogP contribution in [0.15, 0.2) is 0 Å². The van der Waals surface area contributed by atoms with Crippen LogP contribution in [0.1, 0.15) is 52.4 Å². The Hall–Kier alpha value is -1.08. The van der Waals surface area contributed by atoms with Crippen molar-refractivity contribution in [2.45, 2.75) is 58.4 Å². The molecule has 1 fully saturated rings. The molecule has 18 heavy (non-hydrogen) atoms. The van der Waals surface area contributed by atoms with Gasteiger partial charge in [-0.3, -0.25) is 4.79 Å². The standard InChI is InChI=1S/C14H24N2O2/c1-3-7-14(11-15,8-4-2)13(17)16-12-6-5-9-18-10-12/h12H,3-10H2,1-2H3,(H,16,17). The molecule has 4 heteroatoms. The molecular formula is C14H24N2O2. The maximum absolute atomic E-state index is 12.4. The maximum Gasteiger partial charge on any atom is 0.240 e. The van der Waals surface area contributed by atoms with Gasteiger partial charge in [0.15, 0.2) is 0 Å². The van der Waals surface area contributed by atoms with Crippen molar-refractivity contribution in [1.82, 2.24) is 5.32 Å². The van der Waals surface area contributed by atoms with Crippen molar-refractivity contribution in [2.75, 3.05) is 13.2 Å². The van der Waals surface area contributed by atoms with Crippen molar-refractivity contribution >= 4 is 5.91 Å². The lowest BCUT2D eigenvalue weighted by atomic mass is 9.79. The summed E-state index contributed by atoms with van der Waals surface area (Å²) in [6.45, 7) is 5.38.